The first-order chi connectivity index (χ1) is 15.6. The van der Waals surface area contributed by atoms with Gasteiger partial charge in [0, 0.05) is 12.5 Å². The number of para-hydroxylation sites is 1. The summed E-state index contributed by atoms with van der Waals surface area (Å²) in [6, 6.07) is 6.69. The van der Waals surface area contributed by atoms with Crippen molar-refractivity contribution < 1.29 is 13.7 Å². The summed E-state index contributed by atoms with van der Waals surface area (Å²) in [6.45, 7) is 4.41. The molecule has 2 heterocycles. The lowest BCUT2D eigenvalue weighted by atomic mass is 9.84. The lowest BCUT2D eigenvalue weighted by Gasteiger charge is -2.30. The van der Waals surface area contributed by atoms with Crippen LogP contribution in [0, 0.1) is 23.6 Å². The van der Waals surface area contributed by atoms with E-state index in [2.05, 4.69) is 31.8 Å². The minimum absolute atomic E-state index is 0.168. The van der Waals surface area contributed by atoms with Crippen LogP contribution in [0.4, 0.5) is 4.39 Å². The van der Waals surface area contributed by atoms with Crippen LogP contribution in [0.5, 0.6) is 5.75 Å². The third kappa shape index (κ3) is 4.27. The Morgan fingerprint density at radius 2 is 2.12 bits per heavy atom. The molecule has 2 fully saturated rings. The molecule has 9 heteroatoms. The molecule has 5 rings (SSSR count). The minimum Gasteiger partial charge on any atom is -0.483 e. The summed E-state index contributed by atoms with van der Waals surface area (Å²) in [5.41, 5.74) is 0. The van der Waals surface area contributed by atoms with Crippen LogP contribution >= 0.6 is 11.8 Å². The number of benzene rings is 1. The molecule has 2 bridgehead atoms. The van der Waals surface area contributed by atoms with E-state index < -0.39 is 0 Å². The summed E-state index contributed by atoms with van der Waals surface area (Å²) < 4.78 is 27.3. The van der Waals surface area contributed by atoms with Crippen LogP contribution in [0.15, 0.2) is 33.9 Å². The SMILES string of the molecule is CCc1nc(CSc2nnc(COc3ccccc3F)n2C(C)C2CC3CCC2C3)no1. The Morgan fingerprint density at radius 1 is 1.25 bits per heavy atom. The van der Waals surface area contributed by atoms with Gasteiger partial charge in [-0.2, -0.15) is 4.98 Å². The number of aromatic nitrogens is 5. The van der Waals surface area contributed by atoms with Gasteiger partial charge in [-0.15, -0.1) is 10.2 Å². The van der Waals surface area contributed by atoms with Crippen LogP contribution in [0.2, 0.25) is 0 Å². The highest BCUT2D eigenvalue weighted by atomic mass is 32.2. The van der Waals surface area contributed by atoms with E-state index in [1.165, 1.54) is 31.7 Å². The predicted molar refractivity (Wildman–Crippen MR) is 118 cm³/mol. The summed E-state index contributed by atoms with van der Waals surface area (Å²) in [7, 11) is 0. The number of hydrogen-bond acceptors (Lipinski definition) is 7. The van der Waals surface area contributed by atoms with Crippen LogP contribution in [0.3, 0.4) is 0 Å². The molecule has 3 aromatic rings. The largest absolute Gasteiger partial charge is 0.483 e. The maximum absolute atomic E-state index is 14.0. The molecular formula is C23H28FN5O2S. The number of nitrogens with zero attached hydrogens (tertiary/aromatic N) is 5. The summed E-state index contributed by atoms with van der Waals surface area (Å²) in [5, 5.41) is 13.8. The zero-order chi connectivity index (χ0) is 22.1. The van der Waals surface area contributed by atoms with Gasteiger partial charge in [0.15, 0.2) is 28.4 Å². The van der Waals surface area contributed by atoms with E-state index in [-0.39, 0.29) is 24.2 Å². The second-order valence-electron chi connectivity index (χ2n) is 8.81. The van der Waals surface area contributed by atoms with Crippen molar-refractivity contribution in [2.45, 2.75) is 69.5 Å². The molecule has 0 amide bonds. The van der Waals surface area contributed by atoms with Gasteiger partial charge in [-0.25, -0.2) is 4.39 Å². The summed E-state index contributed by atoms with van der Waals surface area (Å²) in [6.07, 6.45) is 5.98. The fourth-order valence-corrected chi connectivity index (χ4v) is 6.20. The van der Waals surface area contributed by atoms with E-state index >= 15 is 0 Å². The van der Waals surface area contributed by atoms with Gasteiger partial charge in [-0.1, -0.05) is 42.4 Å². The molecule has 0 aliphatic heterocycles. The molecule has 0 radical (unpaired) electrons. The van der Waals surface area contributed by atoms with Crippen molar-refractivity contribution in [1.82, 2.24) is 24.9 Å². The molecule has 4 atom stereocenters. The van der Waals surface area contributed by atoms with Gasteiger partial charge in [0.1, 0.15) is 6.61 Å². The molecular weight excluding hydrogens is 429 g/mol. The van der Waals surface area contributed by atoms with Gasteiger partial charge in [0.25, 0.3) is 0 Å². The van der Waals surface area contributed by atoms with Gasteiger partial charge in [-0.05, 0) is 56.1 Å². The minimum atomic E-state index is -0.377. The fourth-order valence-electron chi connectivity index (χ4n) is 5.32. The Bertz CT molecular complexity index is 1070. The zero-order valence-corrected chi connectivity index (χ0v) is 19.2. The van der Waals surface area contributed by atoms with E-state index in [9.17, 15) is 4.39 Å². The van der Waals surface area contributed by atoms with Crippen molar-refractivity contribution in [3.63, 3.8) is 0 Å². The Balaban J connectivity index is 1.37. The van der Waals surface area contributed by atoms with Crippen LogP contribution in [0.25, 0.3) is 0 Å². The number of ether oxygens (including phenoxy) is 1. The first-order valence-electron chi connectivity index (χ1n) is 11.4. The highest BCUT2D eigenvalue weighted by Gasteiger charge is 2.43. The van der Waals surface area contributed by atoms with Crippen LogP contribution in [0.1, 0.15) is 63.1 Å². The third-order valence-corrected chi connectivity index (χ3v) is 7.83. The Kier molecular flexibility index (Phi) is 6.17. The number of fused-ring (bicyclic) bond motifs is 2. The summed E-state index contributed by atoms with van der Waals surface area (Å²) in [4.78, 5) is 4.40. The number of thioether (sulfide) groups is 1. The summed E-state index contributed by atoms with van der Waals surface area (Å²) in [5.74, 6) is 4.63. The molecule has 170 valence electrons. The van der Waals surface area contributed by atoms with Crippen molar-refractivity contribution in [2.24, 2.45) is 17.8 Å². The molecule has 1 aromatic carbocycles. The molecule has 0 N–H and O–H groups in total. The average Bonchev–Trinajstić information content (AvgIpc) is 3.60. The molecule has 2 aliphatic rings. The van der Waals surface area contributed by atoms with E-state index in [1.54, 1.807) is 30.0 Å². The zero-order valence-electron chi connectivity index (χ0n) is 18.4. The molecule has 4 unspecified atom stereocenters. The van der Waals surface area contributed by atoms with Crippen molar-refractivity contribution in [2.75, 3.05) is 0 Å². The molecule has 7 nitrogen and oxygen atoms in total. The lowest BCUT2D eigenvalue weighted by molar-refractivity contribution is 0.215. The quantitative estimate of drug-likeness (QED) is 0.407. The maximum atomic E-state index is 14.0. The predicted octanol–water partition coefficient (Wildman–Crippen LogP) is 5.23. The second-order valence-corrected chi connectivity index (χ2v) is 9.76. The molecule has 0 saturated heterocycles. The highest BCUT2D eigenvalue weighted by molar-refractivity contribution is 7.98. The van der Waals surface area contributed by atoms with Crippen LogP contribution in [-0.2, 0) is 18.8 Å². The number of hydrogen-bond donors (Lipinski definition) is 0. The first kappa shape index (κ1) is 21.4. The van der Waals surface area contributed by atoms with E-state index in [0.29, 0.717) is 35.6 Å². The Labute approximate surface area is 191 Å². The summed E-state index contributed by atoms with van der Waals surface area (Å²) >= 11 is 1.55. The van der Waals surface area contributed by atoms with E-state index in [4.69, 9.17) is 9.26 Å². The molecule has 0 spiro atoms. The van der Waals surface area contributed by atoms with Crippen molar-refractivity contribution in [3.05, 3.63) is 47.6 Å². The van der Waals surface area contributed by atoms with Crippen molar-refractivity contribution in [1.29, 1.82) is 0 Å². The number of halogens is 1. The molecule has 32 heavy (non-hydrogen) atoms. The number of aryl methyl sites for hydroxylation is 1. The lowest BCUT2D eigenvalue weighted by Crippen LogP contribution is -2.24. The highest BCUT2D eigenvalue weighted by Crippen LogP contribution is 2.52. The Morgan fingerprint density at radius 3 is 2.84 bits per heavy atom. The topological polar surface area (TPSA) is 78.9 Å². The third-order valence-electron chi connectivity index (χ3n) is 6.89. The molecule has 2 aromatic heterocycles. The molecule has 2 aliphatic carbocycles. The fraction of sp³-hybridized carbons (Fsp3) is 0.565. The van der Waals surface area contributed by atoms with Gasteiger partial charge in [0.2, 0.25) is 5.89 Å². The monoisotopic (exact) mass is 457 g/mol. The van der Waals surface area contributed by atoms with Crippen LogP contribution in [-0.4, -0.2) is 24.9 Å². The van der Waals surface area contributed by atoms with Gasteiger partial charge < -0.3 is 9.26 Å². The van der Waals surface area contributed by atoms with Crippen molar-refractivity contribution in [3.8, 4) is 5.75 Å². The Hall–Kier alpha value is -2.42. The van der Waals surface area contributed by atoms with Gasteiger partial charge >= 0.3 is 0 Å². The second kappa shape index (κ2) is 9.21. The molecule has 2 saturated carbocycles. The normalized spacial score (nSPS) is 23.0. The smallest absolute Gasteiger partial charge is 0.226 e. The average molecular weight is 458 g/mol. The first-order valence-corrected chi connectivity index (χ1v) is 12.4. The maximum Gasteiger partial charge on any atom is 0.226 e. The van der Waals surface area contributed by atoms with E-state index in [1.807, 2.05) is 6.92 Å². The van der Waals surface area contributed by atoms with Crippen molar-refractivity contribution >= 4 is 11.8 Å². The van der Waals surface area contributed by atoms with Crippen LogP contribution < -0.4 is 4.74 Å². The van der Waals surface area contributed by atoms with E-state index in [0.717, 1.165) is 17.0 Å². The standard InChI is InChI=1S/C23H28FN5O2S/c1-3-22-25-20(28-31-22)13-32-23-27-26-21(12-30-19-7-5-4-6-18(19)24)29(23)14(2)17-11-15-8-9-16(17)10-15/h4-7,14-17H,3,8-13H2,1-2H3. The number of rotatable bonds is 9. The van der Waals surface area contributed by atoms with Gasteiger partial charge in [0.05, 0.1) is 5.75 Å². The van der Waals surface area contributed by atoms with Gasteiger partial charge in [-0.3, -0.25) is 4.57 Å².